The molecule has 2 N–H and O–H groups in total. The second kappa shape index (κ2) is 10.5. The summed E-state index contributed by atoms with van der Waals surface area (Å²) >= 11 is 0. The van der Waals surface area contributed by atoms with Crippen molar-refractivity contribution in [3.05, 3.63) is 48.7 Å². The summed E-state index contributed by atoms with van der Waals surface area (Å²) < 4.78 is 11.6. The number of ether oxygens (including phenoxy) is 2. The van der Waals surface area contributed by atoms with Crippen LogP contribution in [0.4, 0.5) is 4.79 Å². The number of carbonyl (C=O) groups is 2. The number of fused-ring (bicyclic) bond motifs is 4. The molecule has 0 spiro atoms. The van der Waals surface area contributed by atoms with Gasteiger partial charge in [-0.05, 0) is 74.8 Å². The molecule has 2 unspecified atom stereocenters. The summed E-state index contributed by atoms with van der Waals surface area (Å²) in [6.45, 7) is 11.2. The van der Waals surface area contributed by atoms with Crippen molar-refractivity contribution in [2.24, 2.45) is 17.8 Å². The molecular formula is C28H37N3O5. The lowest BCUT2D eigenvalue weighted by atomic mass is 9.73. The molecule has 0 aliphatic carbocycles. The first-order valence-electron chi connectivity index (χ1n) is 12.7. The first-order valence-corrected chi connectivity index (χ1v) is 12.7. The maximum atomic E-state index is 13.3. The van der Waals surface area contributed by atoms with E-state index in [2.05, 4.69) is 21.8 Å². The zero-order valence-electron chi connectivity index (χ0n) is 21.6. The van der Waals surface area contributed by atoms with E-state index in [1.807, 2.05) is 44.2 Å². The molecule has 6 atom stereocenters. The molecule has 3 saturated heterocycles. The van der Waals surface area contributed by atoms with Gasteiger partial charge in [-0.3, -0.25) is 9.88 Å². The highest BCUT2D eigenvalue weighted by molar-refractivity contribution is 5.85. The number of nitrogens with one attached hydrogen (secondary N) is 1. The highest BCUT2D eigenvalue weighted by Crippen LogP contribution is 2.43. The molecule has 2 bridgehead atoms. The van der Waals surface area contributed by atoms with Crippen LogP contribution in [0.3, 0.4) is 0 Å². The number of aromatic nitrogens is 1. The number of pyridine rings is 1. The molecule has 3 aliphatic rings. The minimum Gasteiger partial charge on any atom is -0.497 e. The van der Waals surface area contributed by atoms with E-state index < -0.39 is 23.7 Å². The highest BCUT2D eigenvalue weighted by Gasteiger charge is 2.45. The largest absolute Gasteiger partial charge is 0.497 e. The fourth-order valence-electron chi connectivity index (χ4n) is 5.94. The number of hydrogen-bond donors (Lipinski definition) is 2. The summed E-state index contributed by atoms with van der Waals surface area (Å²) in [4.78, 5) is 32.2. The molecule has 0 radical (unpaired) electrons. The summed E-state index contributed by atoms with van der Waals surface area (Å²) in [6.07, 6.45) is 4.66. The molecule has 5 rings (SSSR count). The molecule has 1 amide bonds. The molecule has 8 nitrogen and oxygen atoms in total. The van der Waals surface area contributed by atoms with Crippen molar-refractivity contribution in [2.45, 2.75) is 57.7 Å². The number of amides is 1. The first-order chi connectivity index (χ1) is 17.1. The zero-order chi connectivity index (χ0) is 26.0. The predicted octanol–water partition coefficient (Wildman–Crippen LogP) is 4.80. The van der Waals surface area contributed by atoms with Crippen LogP contribution in [0, 0.1) is 17.8 Å². The van der Waals surface area contributed by atoms with Gasteiger partial charge in [-0.2, -0.15) is 0 Å². The van der Waals surface area contributed by atoms with Crippen LogP contribution in [0.25, 0.3) is 10.9 Å². The van der Waals surface area contributed by atoms with E-state index in [0.29, 0.717) is 17.6 Å². The van der Waals surface area contributed by atoms with Crippen LogP contribution in [-0.4, -0.2) is 58.8 Å². The Bertz CT molecular complexity index is 1140. The summed E-state index contributed by atoms with van der Waals surface area (Å²) in [5, 5.41) is 13.4. The molecule has 3 aliphatic heterocycles. The third kappa shape index (κ3) is 5.19. The van der Waals surface area contributed by atoms with Crippen molar-refractivity contribution in [2.75, 3.05) is 20.2 Å². The number of benzene rings is 1. The third-order valence-corrected chi connectivity index (χ3v) is 7.69. The number of aliphatic carboxylic acids is 1. The maximum Gasteiger partial charge on any atom is 0.408 e. The lowest BCUT2D eigenvalue weighted by Crippen LogP contribution is -2.57. The molecule has 2 aromatic rings. The lowest BCUT2D eigenvalue weighted by Gasteiger charge is -2.51. The van der Waals surface area contributed by atoms with Crippen molar-refractivity contribution < 1.29 is 24.2 Å². The van der Waals surface area contributed by atoms with Crippen molar-refractivity contribution in [3.8, 4) is 5.75 Å². The van der Waals surface area contributed by atoms with E-state index in [-0.39, 0.29) is 18.4 Å². The molecule has 0 saturated carbocycles. The monoisotopic (exact) mass is 495 g/mol. The Kier molecular flexibility index (Phi) is 7.54. The second-order valence-electron chi connectivity index (χ2n) is 10.7. The smallest absolute Gasteiger partial charge is 0.408 e. The zero-order valence-corrected chi connectivity index (χ0v) is 21.6. The molecule has 3 fully saturated rings. The van der Waals surface area contributed by atoms with Gasteiger partial charge in [-0.25, -0.2) is 9.59 Å². The van der Waals surface area contributed by atoms with Gasteiger partial charge in [0, 0.05) is 23.7 Å². The third-order valence-electron chi connectivity index (χ3n) is 7.69. The summed E-state index contributed by atoms with van der Waals surface area (Å²) in [5.74, 6) is 0.570. The van der Waals surface area contributed by atoms with E-state index in [9.17, 15) is 14.7 Å². The van der Waals surface area contributed by atoms with Crippen LogP contribution in [0.15, 0.2) is 43.1 Å². The van der Waals surface area contributed by atoms with Gasteiger partial charge in [0.15, 0.2) is 0 Å². The van der Waals surface area contributed by atoms with Crippen molar-refractivity contribution in [1.82, 2.24) is 15.2 Å². The number of carboxylic acids is 1. The Morgan fingerprint density at radius 1 is 1.36 bits per heavy atom. The lowest BCUT2D eigenvalue weighted by molar-refractivity contribution is -0.144. The van der Waals surface area contributed by atoms with Gasteiger partial charge in [0.1, 0.15) is 17.4 Å². The van der Waals surface area contributed by atoms with E-state index in [1.54, 1.807) is 13.3 Å². The minimum atomic E-state index is -1.43. The van der Waals surface area contributed by atoms with E-state index in [0.717, 1.165) is 42.4 Å². The van der Waals surface area contributed by atoms with E-state index in [1.165, 1.54) is 6.92 Å². The van der Waals surface area contributed by atoms with Crippen molar-refractivity contribution >= 4 is 23.0 Å². The van der Waals surface area contributed by atoms with Gasteiger partial charge < -0.3 is 19.9 Å². The van der Waals surface area contributed by atoms with Gasteiger partial charge >= 0.3 is 12.1 Å². The topological polar surface area (TPSA) is 101 Å². The van der Waals surface area contributed by atoms with E-state index in [4.69, 9.17) is 9.47 Å². The average Bonchev–Trinajstić information content (AvgIpc) is 2.86. The normalized spacial score (nSPS) is 25.7. The number of alkyl carbamates (subject to hydrolysis) is 1. The first kappa shape index (κ1) is 25.9. The van der Waals surface area contributed by atoms with Crippen LogP contribution in [-0.2, 0) is 9.53 Å². The highest BCUT2D eigenvalue weighted by atomic mass is 16.6. The number of methoxy groups -OCH3 is 1. The fraction of sp³-hybridized carbons (Fsp3) is 0.536. The molecule has 194 valence electrons. The predicted molar refractivity (Wildman–Crippen MR) is 138 cm³/mol. The number of carbonyl (C=O) groups excluding carboxylic acids is 1. The van der Waals surface area contributed by atoms with Crippen LogP contribution in [0.2, 0.25) is 0 Å². The second-order valence-corrected chi connectivity index (χ2v) is 10.7. The van der Waals surface area contributed by atoms with Crippen LogP contribution in [0.1, 0.15) is 51.7 Å². The number of nitrogens with zero attached hydrogens (tertiary/aromatic N) is 2. The van der Waals surface area contributed by atoms with Crippen LogP contribution in [0.5, 0.6) is 5.75 Å². The summed E-state index contributed by atoms with van der Waals surface area (Å²) in [7, 11) is 1.61. The van der Waals surface area contributed by atoms with Gasteiger partial charge in [-0.1, -0.05) is 19.9 Å². The summed E-state index contributed by atoms with van der Waals surface area (Å²) in [6, 6.07) is 7.50. The van der Waals surface area contributed by atoms with E-state index >= 15 is 0 Å². The van der Waals surface area contributed by atoms with Gasteiger partial charge in [0.25, 0.3) is 0 Å². The van der Waals surface area contributed by atoms with Gasteiger partial charge in [-0.15, -0.1) is 6.58 Å². The number of rotatable bonds is 9. The molecule has 8 heteroatoms. The van der Waals surface area contributed by atoms with Crippen molar-refractivity contribution in [3.63, 3.8) is 0 Å². The molecule has 36 heavy (non-hydrogen) atoms. The Morgan fingerprint density at radius 3 is 2.75 bits per heavy atom. The van der Waals surface area contributed by atoms with Crippen molar-refractivity contribution in [1.29, 1.82) is 0 Å². The summed E-state index contributed by atoms with van der Waals surface area (Å²) in [5.41, 5.74) is 0.180. The Hall–Kier alpha value is -3.13. The molecule has 1 aromatic carbocycles. The number of piperidine rings is 3. The molecule has 4 heterocycles. The average molecular weight is 496 g/mol. The Morgan fingerprint density at radius 2 is 2.14 bits per heavy atom. The van der Waals surface area contributed by atoms with Gasteiger partial charge in [0.2, 0.25) is 0 Å². The van der Waals surface area contributed by atoms with Crippen LogP contribution >= 0.6 is 0 Å². The Balaban J connectivity index is 1.71. The quantitative estimate of drug-likeness (QED) is 0.482. The minimum absolute atomic E-state index is 0.0383. The van der Waals surface area contributed by atoms with Gasteiger partial charge in [0.05, 0.1) is 18.7 Å². The van der Waals surface area contributed by atoms with Crippen LogP contribution < -0.4 is 10.1 Å². The maximum absolute atomic E-state index is 13.3. The molecule has 1 aromatic heterocycles. The number of carboxylic acid groups (broad SMARTS) is 1. The molecular weight excluding hydrogens is 458 g/mol. The standard InChI is InChI=1S/C28H37N3O5/c1-6-18-16-31-12-10-19(18)13-24(31)25(36-27(34)30-28(4,26(32)33)15-17(2)3)21-9-11-29-23-8-7-20(35-5)14-22(21)23/h6-9,11,14,17-19,24-25H,1,10,12-13,15-16H2,2-5H3,(H,30,34)(H,32,33)/t18-,19+,24+,25-,28?/m1/s1. The Labute approximate surface area is 212 Å². The fourth-order valence-corrected chi connectivity index (χ4v) is 5.94. The SMILES string of the molecule is C=C[C@@H]1CN2CC[C@H]1C[C@H]2[C@H](OC(=O)NC(C)(CC(C)C)C(=O)O)c1ccnc2ccc(OC)cc12. The number of hydrogen-bond acceptors (Lipinski definition) is 6.